The van der Waals surface area contributed by atoms with Gasteiger partial charge in [-0.2, -0.15) is 0 Å². The van der Waals surface area contributed by atoms with Crippen LogP contribution in [0.5, 0.6) is 0 Å². The van der Waals surface area contributed by atoms with Crippen LogP contribution in [0.3, 0.4) is 0 Å². The molecule has 0 heterocycles. The molecule has 0 aromatic heterocycles. The molecule has 2 heteroatoms. The van der Waals surface area contributed by atoms with Crippen molar-refractivity contribution in [2.75, 3.05) is 20.3 Å². The lowest BCUT2D eigenvalue weighted by Gasteiger charge is -2.36. The summed E-state index contributed by atoms with van der Waals surface area (Å²) in [7, 11) is 1.82. The van der Waals surface area contributed by atoms with E-state index in [1.807, 2.05) is 7.11 Å². The fourth-order valence-electron chi connectivity index (χ4n) is 3.16. The van der Waals surface area contributed by atoms with E-state index in [0.29, 0.717) is 5.41 Å². The van der Waals surface area contributed by atoms with Gasteiger partial charge in [0.2, 0.25) is 0 Å². The van der Waals surface area contributed by atoms with E-state index in [9.17, 15) is 0 Å². The third-order valence-corrected chi connectivity index (χ3v) is 4.72. The minimum absolute atomic E-state index is 0.584. The van der Waals surface area contributed by atoms with Crippen LogP contribution in [-0.4, -0.2) is 26.3 Å². The van der Waals surface area contributed by atoms with Gasteiger partial charge in [0.15, 0.2) is 0 Å². The minimum atomic E-state index is 0.584. The fraction of sp³-hybridized carbons (Fsp3) is 1.00. The minimum Gasteiger partial charge on any atom is -0.385 e. The molecule has 0 amide bonds. The van der Waals surface area contributed by atoms with Crippen LogP contribution in [-0.2, 0) is 4.74 Å². The first-order valence-electron chi connectivity index (χ1n) is 6.99. The van der Waals surface area contributed by atoms with Crippen LogP contribution < -0.4 is 5.32 Å². The molecular formula is C14H27NO. The molecule has 1 unspecified atom stereocenters. The lowest BCUT2D eigenvalue weighted by Crippen LogP contribution is -2.38. The SMILES string of the molecule is COCCC(C)C1(CNC2CC2)CCCC1. The standard InChI is InChI=1S/C14H27NO/c1-12(7-10-16-2)14(8-3-4-9-14)11-15-13-5-6-13/h12-13,15H,3-11H2,1-2H3. The van der Waals surface area contributed by atoms with Gasteiger partial charge in [0.1, 0.15) is 0 Å². The molecule has 0 aromatic carbocycles. The first-order chi connectivity index (χ1) is 7.77. The van der Waals surface area contributed by atoms with Gasteiger partial charge in [0.05, 0.1) is 0 Å². The molecule has 0 aromatic rings. The van der Waals surface area contributed by atoms with Crippen LogP contribution >= 0.6 is 0 Å². The Bertz CT molecular complexity index is 207. The summed E-state index contributed by atoms with van der Waals surface area (Å²) >= 11 is 0. The first kappa shape index (κ1) is 12.4. The highest BCUT2D eigenvalue weighted by molar-refractivity contribution is 4.93. The zero-order chi connectivity index (χ0) is 11.4. The molecule has 2 aliphatic carbocycles. The fourth-order valence-corrected chi connectivity index (χ4v) is 3.16. The maximum Gasteiger partial charge on any atom is 0.0465 e. The number of ether oxygens (including phenoxy) is 1. The van der Waals surface area contributed by atoms with Crippen molar-refractivity contribution in [1.29, 1.82) is 0 Å². The van der Waals surface area contributed by atoms with Crippen molar-refractivity contribution in [3.63, 3.8) is 0 Å². The smallest absolute Gasteiger partial charge is 0.0465 e. The first-order valence-corrected chi connectivity index (χ1v) is 6.99. The van der Waals surface area contributed by atoms with Gasteiger partial charge < -0.3 is 10.1 Å². The second-order valence-electron chi connectivity index (χ2n) is 5.91. The Kier molecular flexibility index (Phi) is 4.26. The van der Waals surface area contributed by atoms with Gasteiger partial charge >= 0.3 is 0 Å². The van der Waals surface area contributed by atoms with Crippen molar-refractivity contribution in [3.8, 4) is 0 Å². The molecule has 1 N–H and O–H groups in total. The van der Waals surface area contributed by atoms with Crippen LogP contribution in [0.15, 0.2) is 0 Å². The number of hydrogen-bond donors (Lipinski definition) is 1. The number of rotatable bonds is 7. The molecule has 16 heavy (non-hydrogen) atoms. The van der Waals surface area contributed by atoms with E-state index in [1.54, 1.807) is 0 Å². The largest absolute Gasteiger partial charge is 0.385 e. The average Bonchev–Trinajstić information content (AvgIpc) is 3.01. The molecule has 0 aliphatic heterocycles. The predicted octanol–water partition coefficient (Wildman–Crippen LogP) is 2.97. The summed E-state index contributed by atoms with van der Waals surface area (Å²) < 4.78 is 5.23. The molecule has 2 fully saturated rings. The number of nitrogens with one attached hydrogen (secondary N) is 1. The topological polar surface area (TPSA) is 21.3 Å². The summed E-state index contributed by atoms with van der Waals surface area (Å²) in [6, 6.07) is 0.854. The highest BCUT2D eigenvalue weighted by Crippen LogP contribution is 2.45. The van der Waals surface area contributed by atoms with Crippen molar-refractivity contribution in [3.05, 3.63) is 0 Å². The Morgan fingerprint density at radius 3 is 2.56 bits per heavy atom. The number of methoxy groups -OCH3 is 1. The molecule has 2 rings (SSSR count). The summed E-state index contributed by atoms with van der Waals surface area (Å²) in [5.41, 5.74) is 0.584. The lowest BCUT2D eigenvalue weighted by atomic mass is 9.73. The van der Waals surface area contributed by atoms with Crippen LogP contribution in [0.2, 0.25) is 0 Å². The van der Waals surface area contributed by atoms with Gasteiger partial charge in [0, 0.05) is 26.3 Å². The second-order valence-corrected chi connectivity index (χ2v) is 5.91. The quantitative estimate of drug-likeness (QED) is 0.719. The third-order valence-electron chi connectivity index (χ3n) is 4.72. The monoisotopic (exact) mass is 225 g/mol. The molecule has 2 nitrogen and oxygen atoms in total. The highest BCUT2D eigenvalue weighted by Gasteiger charge is 2.39. The van der Waals surface area contributed by atoms with Crippen molar-refractivity contribution >= 4 is 0 Å². The molecule has 0 bridgehead atoms. The van der Waals surface area contributed by atoms with Gasteiger partial charge in [-0.3, -0.25) is 0 Å². The highest BCUT2D eigenvalue weighted by atomic mass is 16.5. The van der Waals surface area contributed by atoms with E-state index in [1.165, 1.54) is 51.5 Å². The van der Waals surface area contributed by atoms with Gasteiger partial charge in [-0.15, -0.1) is 0 Å². The summed E-state index contributed by atoms with van der Waals surface area (Å²) in [4.78, 5) is 0. The maximum absolute atomic E-state index is 5.23. The summed E-state index contributed by atoms with van der Waals surface area (Å²) in [5, 5.41) is 3.76. The lowest BCUT2D eigenvalue weighted by molar-refractivity contribution is 0.114. The Morgan fingerprint density at radius 1 is 1.31 bits per heavy atom. The predicted molar refractivity (Wildman–Crippen MR) is 67.6 cm³/mol. The van der Waals surface area contributed by atoms with E-state index >= 15 is 0 Å². The van der Waals surface area contributed by atoms with Crippen molar-refractivity contribution < 1.29 is 4.74 Å². The molecule has 94 valence electrons. The van der Waals surface area contributed by atoms with Gasteiger partial charge in [-0.1, -0.05) is 19.8 Å². The van der Waals surface area contributed by atoms with Crippen LogP contribution in [0.25, 0.3) is 0 Å². The molecule has 2 saturated carbocycles. The Hall–Kier alpha value is -0.0800. The van der Waals surface area contributed by atoms with Crippen molar-refractivity contribution in [2.45, 2.75) is 57.9 Å². The summed E-state index contributed by atoms with van der Waals surface area (Å²) in [5.74, 6) is 0.807. The molecule has 1 atom stereocenters. The molecule has 0 saturated heterocycles. The molecule has 2 aliphatic rings. The Morgan fingerprint density at radius 2 is 2.00 bits per heavy atom. The van der Waals surface area contributed by atoms with Gasteiger partial charge in [-0.05, 0) is 43.4 Å². The van der Waals surface area contributed by atoms with Gasteiger partial charge in [-0.25, -0.2) is 0 Å². The third kappa shape index (κ3) is 2.98. The second kappa shape index (κ2) is 5.50. The summed E-state index contributed by atoms with van der Waals surface area (Å²) in [6.07, 6.45) is 9.76. The zero-order valence-electron chi connectivity index (χ0n) is 10.9. The van der Waals surface area contributed by atoms with Crippen LogP contribution in [0.4, 0.5) is 0 Å². The van der Waals surface area contributed by atoms with Crippen LogP contribution in [0.1, 0.15) is 51.9 Å². The Labute approximate surface area is 100 Å². The van der Waals surface area contributed by atoms with E-state index in [4.69, 9.17) is 4.74 Å². The molecule has 0 spiro atoms. The van der Waals surface area contributed by atoms with E-state index in [0.717, 1.165) is 18.6 Å². The number of hydrogen-bond acceptors (Lipinski definition) is 2. The van der Waals surface area contributed by atoms with Gasteiger partial charge in [0.25, 0.3) is 0 Å². The molecule has 0 radical (unpaired) electrons. The van der Waals surface area contributed by atoms with Crippen molar-refractivity contribution in [2.24, 2.45) is 11.3 Å². The van der Waals surface area contributed by atoms with E-state index in [-0.39, 0.29) is 0 Å². The van der Waals surface area contributed by atoms with E-state index < -0.39 is 0 Å². The van der Waals surface area contributed by atoms with Crippen molar-refractivity contribution in [1.82, 2.24) is 5.32 Å². The normalized spacial score (nSPS) is 25.9. The summed E-state index contributed by atoms with van der Waals surface area (Å²) in [6.45, 7) is 4.60. The molecular weight excluding hydrogens is 198 g/mol. The van der Waals surface area contributed by atoms with E-state index in [2.05, 4.69) is 12.2 Å². The Balaban J connectivity index is 1.85. The average molecular weight is 225 g/mol. The zero-order valence-corrected chi connectivity index (χ0v) is 10.9. The maximum atomic E-state index is 5.23. The van der Waals surface area contributed by atoms with Crippen LogP contribution in [0, 0.1) is 11.3 Å².